The van der Waals surface area contributed by atoms with Gasteiger partial charge in [-0.1, -0.05) is 11.6 Å². The van der Waals surface area contributed by atoms with Crippen molar-refractivity contribution in [2.75, 3.05) is 37.2 Å². The van der Waals surface area contributed by atoms with E-state index >= 15 is 0 Å². The quantitative estimate of drug-likeness (QED) is 0.659. The highest BCUT2D eigenvalue weighted by Gasteiger charge is 2.25. The Kier molecular flexibility index (Phi) is 6.37. The van der Waals surface area contributed by atoms with Crippen LogP contribution in [0, 0.1) is 0 Å². The van der Waals surface area contributed by atoms with Crippen molar-refractivity contribution in [2.45, 2.75) is 11.3 Å². The summed E-state index contributed by atoms with van der Waals surface area (Å²) in [5.74, 6) is -0.183. The maximum absolute atomic E-state index is 12.7. The van der Waals surface area contributed by atoms with Gasteiger partial charge < -0.3 is 24.8 Å². The molecule has 0 radical (unpaired) electrons. The molecule has 2 amide bonds. The first-order valence-electron chi connectivity index (χ1n) is 8.73. The first-order valence-corrected chi connectivity index (χ1v) is 10.8. The lowest BCUT2D eigenvalue weighted by Crippen LogP contribution is -2.25. The minimum atomic E-state index is -3.89. The third-order valence-corrected chi connectivity index (χ3v) is 6.41. The van der Waals surface area contributed by atoms with Crippen LogP contribution in [0.15, 0.2) is 35.2 Å². The molecule has 0 saturated heterocycles. The average Bonchev–Trinajstić information content (AvgIpc) is 2.71. The molecular weight excluding hydrogens is 436 g/mol. The molecule has 9 nitrogen and oxygen atoms in total. The number of fused-ring (bicyclic) bond motifs is 1. The van der Waals surface area contributed by atoms with Gasteiger partial charge in [0.1, 0.15) is 17.2 Å². The van der Waals surface area contributed by atoms with Gasteiger partial charge >= 0.3 is 0 Å². The summed E-state index contributed by atoms with van der Waals surface area (Å²) in [5.41, 5.74) is 0.699. The van der Waals surface area contributed by atoms with E-state index in [1.807, 2.05) is 0 Å². The third kappa shape index (κ3) is 4.95. The summed E-state index contributed by atoms with van der Waals surface area (Å²) in [7, 11) is -0.933. The number of halogens is 1. The molecule has 0 fully saturated rings. The highest BCUT2D eigenvalue weighted by atomic mass is 35.5. The first-order chi connectivity index (χ1) is 14.2. The van der Waals surface area contributed by atoms with E-state index in [-0.39, 0.29) is 34.6 Å². The molecular formula is C19H19ClN2O7S. The van der Waals surface area contributed by atoms with Gasteiger partial charge in [0.25, 0.3) is 5.91 Å². The zero-order chi connectivity index (χ0) is 21.9. The molecule has 0 atom stereocenters. The van der Waals surface area contributed by atoms with Gasteiger partial charge in [-0.2, -0.15) is 0 Å². The predicted molar refractivity (Wildman–Crippen MR) is 110 cm³/mol. The van der Waals surface area contributed by atoms with E-state index in [2.05, 4.69) is 10.6 Å². The highest BCUT2D eigenvalue weighted by Crippen LogP contribution is 2.36. The molecule has 1 aliphatic heterocycles. The van der Waals surface area contributed by atoms with Crippen molar-refractivity contribution in [3.8, 4) is 17.2 Å². The van der Waals surface area contributed by atoms with Gasteiger partial charge in [-0.3, -0.25) is 9.59 Å². The molecule has 30 heavy (non-hydrogen) atoms. The van der Waals surface area contributed by atoms with Crippen LogP contribution in [0.2, 0.25) is 5.02 Å². The Morgan fingerprint density at radius 3 is 2.47 bits per heavy atom. The molecule has 2 aromatic carbocycles. The molecule has 0 saturated carbocycles. The minimum Gasteiger partial charge on any atom is -0.497 e. The predicted octanol–water partition coefficient (Wildman–Crippen LogP) is 2.49. The van der Waals surface area contributed by atoms with Gasteiger partial charge in [-0.15, -0.1) is 0 Å². The fourth-order valence-electron chi connectivity index (χ4n) is 2.76. The Bertz CT molecular complexity index is 1080. The molecule has 0 spiro atoms. The Hall–Kier alpha value is -2.98. The van der Waals surface area contributed by atoms with Crippen molar-refractivity contribution >= 4 is 44.6 Å². The average molecular weight is 455 g/mol. The Morgan fingerprint density at radius 2 is 1.83 bits per heavy atom. The molecule has 0 bridgehead atoms. The van der Waals surface area contributed by atoms with Crippen molar-refractivity contribution in [2.24, 2.45) is 0 Å². The molecule has 0 unspecified atom stereocenters. The number of rotatable bonds is 7. The number of carbonyl (C=O) groups excluding carboxylic acids is 2. The normalized spacial score (nSPS) is 13.0. The van der Waals surface area contributed by atoms with Crippen molar-refractivity contribution < 1.29 is 32.2 Å². The molecule has 2 aromatic rings. The highest BCUT2D eigenvalue weighted by molar-refractivity contribution is 7.91. The Balaban J connectivity index is 1.71. The number of anilines is 2. The lowest BCUT2D eigenvalue weighted by Gasteiger charge is -2.19. The van der Waals surface area contributed by atoms with Crippen LogP contribution in [-0.2, 0) is 19.4 Å². The van der Waals surface area contributed by atoms with Crippen LogP contribution in [0.1, 0.15) is 6.42 Å². The van der Waals surface area contributed by atoms with Gasteiger partial charge in [0, 0.05) is 36.4 Å². The SMILES string of the molecule is COc1cc(NC(=O)CCS(=O)(=O)c2cc3c(cc2Cl)NC(=O)CO3)cc(OC)c1. The summed E-state index contributed by atoms with van der Waals surface area (Å²) < 4.78 is 40.9. The number of ether oxygens (including phenoxy) is 3. The van der Waals surface area contributed by atoms with E-state index in [0.717, 1.165) is 0 Å². The van der Waals surface area contributed by atoms with Crippen LogP contribution in [-0.4, -0.2) is 46.8 Å². The summed E-state index contributed by atoms with van der Waals surface area (Å²) in [6.07, 6.45) is -0.299. The van der Waals surface area contributed by atoms with Crippen LogP contribution >= 0.6 is 11.6 Å². The third-order valence-electron chi connectivity index (χ3n) is 4.24. The van der Waals surface area contributed by atoms with E-state index < -0.39 is 21.5 Å². The topological polar surface area (TPSA) is 120 Å². The molecule has 1 heterocycles. The summed E-state index contributed by atoms with van der Waals surface area (Å²) in [5, 5.41) is 5.09. The lowest BCUT2D eigenvalue weighted by atomic mass is 10.2. The lowest BCUT2D eigenvalue weighted by molar-refractivity contribution is -0.118. The minimum absolute atomic E-state index is 0.0718. The molecule has 0 aliphatic carbocycles. The van der Waals surface area contributed by atoms with Gasteiger partial charge in [0.05, 0.1) is 35.6 Å². The van der Waals surface area contributed by atoms with Crippen molar-refractivity contribution in [1.29, 1.82) is 0 Å². The number of methoxy groups -OCH3 is 2. The fraction of sp³-hybridized carbons (Fsp3) is 0.263. The van der Waals surface area contributed by atoms with Crippen LogP contribution < -0.4 is 24.8 Å². The Morgan fingerprint density at radius 1 is 1.17 bits per heavy atom. The van der Waals surface area contributed by atoms with E-state index in [1.54, 1.807) is 18.2 Å². The number of nitrogens with one attached hydrogen (secondary N) is 2. The molecule has 0 aromatic heterocycles. The molecule has 160 valence electrons. The fourth-order valence-corrected chi connectivity index (χ4v) is 4.59. The summed E-state index contributed by atoms with van der Waals surface area (Å²) in [6.45, 7) is -0.222. The number of carbonyl (C=O) groups is 2. The second-order valence-corrected chi connectivity index (χ2v) is 8.82. The number of sulfone groups is 1. The van der Waals surface area contributed by atoms with E-state index in [4.69, 9.17) is 25.8 Å². The van der Waals surface area contributed by atoms with Crippen molar-refractivity contribution in [3.63, 3.8) is 0 Å². The van der Waals surface area contributed by atoms with Gasteiger partial charge in [0.15, 0.2) is 16.4 Å². The second kappa shape index (κ2) is 8.80. The van der Waals surface area contributed by atoms with Crippen molar-refractivity contribution in [3.05, 3.63) is 35.4 Å². The van der Waals surface area contributed by atoms with E-state index in [0.29, 0.717) is 22.9 Å². The second-order valence-electron chi connectivity index (χ2n) is 6.33. The van der Waals surface area contributed by atoms with Crippen LogP contribution in [0.4, 0.5) is 11.4 Å². The number of amides is 2. The maximum Gasteiger partial charge on any atom is 0.262 e. The summed E-state index contributed by atoms with van der Waals surface area (Å²) >= 11 is 6.09. The van der Waals surface area contributed by atoms with Crippen LogP contribution in [0.25, 0.3) is 0 Å². The largest absolute Gasteiger partial charge is 0.497 e. The monoisotopic (exact) mass is 454 g/mol. The van der Waals surface area contributed by atoms with Gasteiger partial charge in [-0.25, -0.2) is 8.42 Å². The zero-order valence-corrected chi connectivity index (χ0v) is 17.7. The van der Waals surface area contributed by atoms with Crippen LogP contribution in [0.3, 0.4) is 0 Å². The zero-order valence-electron chi connectivity index (χ0n) is 16.2. The van der Waals surface area contributed by atoms with E-state index in [1.165, 1.54) is 26.4 Å². The smallest absolute Gasteiger partial charge is 0.262 e. The maximum atomic E-state index is 12.7. The summed E-state index contributed by atoms with van der Waals surface area (Å²) in [4.78, 5) is 23.5. The number of hydrogen-bond acceptors (Lipinski definition) is 7. The molecule has 11 heteroatoms. The number of benzene rings is 2. The van der Waals surface area contributed by atoms with Gasteiger partial charge in [0.2, 0.25) is 5.91 Å². The van der Waals surface area contributed by atoms with E-state index in [9.17, 15) is 18.0 Å². The molecule has 3 rings (SSSR count). The first kappa shape index (κ1) is 21.7. The van der Waals surface area contributed by atoms with Crippen molar-refractivity contribution in [1.82, 2.24) is 0 Å². The standard InChI is InChI=1S/C19H19ClN2O7S/c1-27-12-5-11(6-13(7-12)28-2)21-18(23)3-4-30(25,26)17-9-16-15(8-14(17)20)22-19(24)10-29-16/h5-9H,3-4,10H2,1-2H3,(H,21,23)(H,22,24). The molecule has 2 N–H and O–H groups in total. The number of hydrogen-bond donors (Lipinski definition) is 2. The molecule has 1 aliphatic rings. The summed E-state index contributed by atoms with van der Waals surface area (Å²) in [6, 6.07) is 7.37. The Labute approximate surface area is 178 Å². The van der Waals surface area contributed by atoms with Gasteiger partial charge in [-0.05, 0) is 6.07 Å². The van der Waals surface area contributed by atoms with Crippen LogP contribution in [0.5, 0.6) is 17.2 Å².